The second kappa shape index (κ2) is 9.94. The Morgan fingerprint density at radius 1 is 1.34 bits per heavy atom. The number of fused-ring (bicyclic) bond motifs is 2. The molecule has 0 aromatic heterocycles. The Morgan fingerprint density at radius 2 is 2.06 bits per heavy atom. The first-order valence-electron chi connectivity index (χ1n) is 9.43. The van der Waals surface area contributed by atoms with Crippen LogP contribution in [0.5, 0.6) is 0 Å². The van der Waals surface area contributed by atoms with Gasteiger partial charge in [-0.1, -0.05) is 23.4 Å². The number of nitrogens with zero attached hydrogens (tertiary/aromatic N) is 2. The van der Waals surface area contributed by atoms with Crippen molar-refractivity contribution in [1.29, 1.82) is 0 Å². The molecule has 16 heteroatoms. The van der Waals surface area contributed by atoms with Gasteiger partial charge in [0.1, 0.15) is 30.0 Å². The smallest absolute Gasteiger partial charge is 0.861 e. The number of aliphatic hydroxyl groups excluding tert-OH is 1. The fourth-order valence-electron chi connectivity index (χ4n) is 4.08. The number of ether oxygens (including phenoxy) is 1. The first-order chi connectivity index (χ1) is 14.7. The van der Waals surface area contributed by atoms with Crippen LogP contribution < -0.4 is 51.0 Å². The molecule has 0 amide bonds. The molecule has 32 heavy (non-hydrogen) atoms. The van der Waals surface area contributed by atoms with E-state index in [1.165, 1.54) is 11.8 Å². The van der Waals surface area contributed by atoms with Crippen LogP contribution in [0.1, 0.15) is 0 Å². The number of aliphatic imine (C=N–C) groups is 1. The molecule has 11 nitrogen and oxygen atoms in total. The third-order valence-electron chi connectivity index (χ3n) is 5.43. The van der Waals surface area contributed by atoms with Crippen LogP contribution >= 0.6 is 30.1 Å². The van der Waals surface area contributed by atoms with Gasteiger partial charge in [-0.3, -0.25) is 25.9 Å². The third kappa shape index (κ3) is 4.96. The fraction of sp³-hybridized carbons (Fsp3) is 0.562. The predicted octanol–water partition coefficient (Wildman–Crippen LogP) is -4.36. The van der Waals surface area contributed by atoms with Gasteiger partial charge >= 0.3 is 36.3 Å². The number of benzene rings is 1. The van der Waals surface area contributed by atoms with Crippen molar-refractivity contribution in [1.82, 2.24) is 15.5 Å². The topological polar surface area (TPSA) is 157 Å². The second-order valence-electron chi connectivity index (χ2n) is 7.43. The Hall–Kier alpha value is 0.620. The van der Waals surface area contributed by atoms with Gasteiger partial charge in [0, 0.05) is 9.92 Å². The molecule has 4 aliphatic heterocycles. The number of thioether (sulfide) groups is 1. The molecule has 0 bridgehead atoms. The SMILES string of the molecule is NC1N=C([O-])C2NC(Sc3ccc(Cl)cc3)N([C@@H]3O[C@@H]4COP(O)(=S)O[C@H]4[C@H]3O)C2N1.[Na+]. The summed E-state index contributed by atoms with van der Waals surface area (Å²) < 4.78 is 16.7. The molecule has 1 aromatic rings. The van der Waals surface area contributed by atoms with Crippen LogP contribution in [0.15, 0.2) is 34.2 Å². The van der Waals surface area contributed by atoms with E-state index >= 15 is 0 Å². The molecule has 1 aromatic carbocycles. The van der Waals surface area contributed by atoms with E-state index < -0.39 is 61.2 Å². The Labute approximate surface area is 220 Å². The molecule has 3 fully saturated rings. The van der Waals surface area contributed by atoms with E-state index in [2.05, 4.69) is 15.6 Å². The molecule has 6 N–H and O–H groups in total. The summed E-state index contributed by atoms with van der Waals surface area (Å²) in [5.74, 6) is -0.393. The summed E-state index contributed by atoms with van der Waals surface area (Å²) in [6, 6.07) is 6.54. The van der Waals surface area contributed by atoms with E-state index in [-0.39, 0.29) is 36.2 Å². The van der Waals surface area contributed by atoms with Crippen LogP contribution in [-0.2, 0) is 25.6 Å². The van der Waals surface area contributed by atoms with Crippen molar-refractivity contribution < 1.29 is 58.4 Å². The van der Waals surface area contributed by atoms with Gasteiger partial charge in [0.15, 0.2) is 6.29 Å². The monoisotopic (exact) mass is 531 g/mol. The number of aliphatic hydroxyl groups is 1. The Kier molecular flexibility index (Phi) is 7.98. The van der Waals surface area contributed by atoms with Crippen molar-refractivity contribution in [2.24, 2.45) is 10.7 Å². The van der Waals surface area contributed by atoms with Gasteiger partial charge in [0.05, 0.1) is 18.8 Å². The first kappa shape index (κ1) is 25.7. The maximum atomic E-state index is 12.5. The van der Waals surface area contributed by atoms with E-state index in [1.54, 1.807) is 17.0 Å². The van der Waals surface area contributed by atoms with E-state index in [0.29, 0.717) is 5.02 Å². The number of hydrogen-bond donors (Lipinski definition) is 5. The van der Waals surface area contributed by atoms with E-state index in [4.69, 9.17) is 42.9 Å². The molecule has 170 valence electrons. The number of nitrogens with one attached hydrogen (secondary N) is 2. The molecule has 9 atom stereocenters. The summed E-state index contributed by atoms with van der Waals surface area (Å²) in [4.78, 5) is 16.6. The number of rotatable bonds is 3. The number of hydrogen-bond acceptors (Lipinski definition) is 12. The average molecular weight is 532 g/mol. The van der Waals surface area contributed by atoms with Crippen molar-refractivity contribution in [3.8, 4) is 0 Å². The standard InChI is InChI=1S/C16H21ClN5O6PS2.Na/c17-6-1-3-7(4-2-6)31-16-19-9-12(20-15(18)21-13(9)24)22(16)14-10(23)11-8(27-14)5-26-29(25,30)28-11;/h1-4,8-12,14-16,19-20,23H,5,18H2,(H,21,24)(H,25,30);/q;+1/p-1/t8-,9?,10-,11-,12?,14-,15?,16?,29?;/m1./s1. The van der Waals surface area contributed by atoms with Gasteiger partial charge in [-0.25, -0.2) is 4.90 Å². The molecule has 4 heterocycles. The molecule has 0 radical (unpaired) electrons. The molecule has 4 aliphatic rings. The predicted molar refractivity (Wildman–Crippen MR) is 114 cm³/mol. The van der Waals surface area contributed by atoms with Crippen molar-refractivity contribution >= 4 is 47.8 Å². The van der Waals surface area contributed by atoms with Gasteiger partial charge < -0.3 is 24.4 Å². The second-order valence-corrected chi connectivity index (χ2v) is 11.8. The molecular formula is C16H20ClN5NaO6PS2. The number of nitrogens with two attached hydrogens (primary N) is 1. The molecule has 0 spiro atoms. The van der Waals surface area contributed by atoms with Crippen molar-refractivity contribution in [2.45, 2.75) is 53.4 Å². The third-order valence-corrected chi connectivity index (χ3v) is 8.38. The molecule has 0 saturated carbocycles. The Morgan fingerprint density at radius 3 is 2.78 bits per heavy atom. The summed E-state index contributed by atoms with van der Waals surface area (Å²) >= 11 is 12.3. The van der Waals surface area contributed by atoms with Crippen molar-refractivity contribution in [2.75, 3.05) is 6.61 Å². The zero-order chi connectivity index (χ0) is 21.9. The minimum atomic E-state index is -3.44. The minimum absolute atomic E-state index is 0. The van der Waals surface area contributed by atoms with Crippen molar-refractivity contribution in [3.63, 3.8) is 0 Å². The maximum absolute atomic E-state index is 12.5. The summed E-state index contributed by atoms with van der Waals surface area (Å²) in [6.45, 7) is -3.44. The van der Waals surface area contributed by atoms with E-state index in [1.807, 2.05) is 12.1 Å². The van der Waals surface area contributed by atoms with Gasteiger partial charge in [-0.05, 0) is 42.0 Å². The fourth-order valence-corrected chi connectivity index (χ4v) is 6.79. The summed E-state index contributed by atoms with van der Waals surface area (Å²) in [5.41, 5.74) is 5.40. The van der Waals surface area contributed by atoms with Crippen LogP contribution in [-0.4, -0.2) is 75.9 Å². The van der Waals surface area contributed by atoms with Gasteiger partial charge in [0.2, 0.25) is 0 Å². The van der Waals surface area contributed by atoms with Crippen LogP contribution in [0.25, 0.3) is 0 Å². The molecule has 0 aliphatic carbocycles. The maximum Gasteiger partial charge on any atom is 1.00 e. The zero-order valence-corrected chi connectivity index (χ0v) is 22.1. The van der Waals surface area contributed by atoms with Crippen LogP contribution in [0.3, 0.4) is 0 Å². The van der Waals surface area contributed by atoms with Gasteiger partial charge in [0.25, 0.3) is 0 Å². The van der Waals surface area contributed by atoms with E-state index in [0.717, 1.165) is 4.90 Å². The van der Waals surface area contributed by atoms with Gasteiger partial charge in [-0.15, -0.1) is 0 Å². The molecule has 3 saturated heterocycles. The summed E-state index contributed by atoms with van der Waals surface area (Å²) in [5, 5.41) is 30.4. The van der Waals surface area contributed by atoms with Crippen LogP contribution in [0.2, 0.25) is 5.02 Å². The van der Waals surface area contributed by atoms with E-state index in [9.17, 15) is 15.1 Å². The number of halogens is 1. The zero-order valence-electron chi connectivity index (χ0n) is 16.8. The first-order valence-corrected chi connectivity index (χ1v) is 13.3. The van der Waals surface area contributed by atoms with Gasteiger partial charge in [-0.2, -0.15) is 0 Å². The van der Waals surface area contributed by atoms with Crippen LogP contribution in [0, 0.1) is 0 Å². The molecule has 5 rings (SSSR count). The Bertz CT molecular complexity index is 937. The Balaban J connectivity index is 0.00000245. The quantitative estimate of drug-likeness (QED) is 0.189. The largest absolute Gasteiger partial charge is 1.00 e. The van der Waals surface area contributed by atoms with Crippen molar-refractivity contribution in [3.05, 3.63) is 29.3 Å². The van der Waals surface area contributed by atoms with Crippen LogP contribution in [0.4, 0.5) is 0 Å². The summed E-state index contributed by atoms with van der Waals surface area (Å²) in [6.07, 6.45) is -4.99. The average Bonchev–Trinajstić information content (AvgIpc) is 3.20. The molecule has 5 unspecified atom stereocenters. The minimum Gasteiger partial charge on any atom is -0.861 e. The summed E-state index contributed by atoms with van der Waals surface area (Å²) in [7, 11) is 0. The molecular weight excluding hydrogens is 512 g/mol. The normalized spacial score (nSPS) is 43.8.